The van der Waals surface area contributed by atoms with Gasteiger partial charge in [-0.2, -0.15) is 5.26 Å². The molecule has 0 aliphatic carbocycles. The number of rotatable bonds is 4. The Hall–Kier alpha value is -3.19. The molecule has 0 unspecified atom stereocenters. The third-order valence-electron chi connectivity index (χ3n) is 5.46. The number of anilines is 2. The summed E-state index contributed by atoms with van der Waals surface area (Å²) in [5.74, 6) is 1.41. The Morgan fingerprint density at radius 1 is 1.06 bits per heavy atom. The number of primary sulfonamides is 1. The molecule has 164 valence electrons. The van der Waals surface area contributed by atoms with Crippen LogP contribution in [0.3, 0.4) is 0 Å². The molecule has 1 aliphatic heterocycles. The zero-order valence-corrected chi connectivity index (χ0v) is 18.9. The second kappa shape index (κ2) is 8.74. The topological polar surface area (TPSA) is 116 Å². The van der Waals surface area contributed by atoms with E-state index in [0.29, 0.717) is 42.6 Å². The van der Waals surface area contributed by atoms with Crippen molar-refractivity contribution in [3.05, 3.63) is 64.8 Å². The van der Waals surface area contributed by atoms with Crippen LogP contribution in [0.4, 0.5) is 11.6 Å². The number of nitrogens with zero attached hydrogens (tertiary/aromatic N) is 5. The molecule has 1 fully saturated rings. The highest BCUT2D eigenvalue weighted by molar-refractivity contribution is 7.89. The fraction of sp³-hybridized carbons (Fsp3) is 0.227. The largest absolute Gasteiger partial charge is 0.353 e. The predicted molar refractivity (Wildman–Crippen MR) is 124 cm³/mol. The molecule has 0 amide bonds. The summed E-state index contributed by atoms with van der Waals surface area (Å²) in [7, 11) is -3.85. The smallest absolute Gasteiger partial charge is 0.255 e. The number of aromatic nitrogens is 2. The first-order chi connectivity index (χ1) is 15.3. The molecule has 8 nitrogen and oxygen atoms in total. The third kappa shape index (κ3) is 4.53. The number of nitriles is 1. The van der Waals surface area contributed by atoms with Crippen LogP contribution in [0.1, 0.15) is 11.1 Å². The Morgan fingerprint density at radius 2 is 1.75 bits per heavy atom. The molecule has 1 aromatic carbocycles. The van der Waals surface area contributed by atoms with Crippen LogP contribution in [0.15, 0.2) is 53.7 Å². The van der Waals surface area contributed by atoms with Crippen LogP contribution in [-0.4, -0.2) is 44.6 Å². The molecule has 0 atom stereocenters. The second-order valence-corrected chi connectivity index (χ2v) is 9.41. The Kier molecular flexibility index (Phi) is 6.02. The second-order valence-electron chi connectivity index (χ2n) is 7.50. The molecule has 2 aromatic heterocycles. The van der Waals surface area contributed by atoms with Gasteiger partial charge in [-0.3, -0.25) is 0 Å². The molecule has 2 N–H and O–H groups in total. The maximum atomic E-state index is 11.6. The zero-order valence-electron chi connectivity index (χ0n) is 17.4. The van der Waals surface area contributed by atoms with Crippen molar-refractivity contribution >= 4 is 33.3 Å². The first kappa shape index (κ1) is 22.0. The molecule has 4 rings (SSSR count). The van der Waals surface area contributed by atoms with E-state index < -0.39 is 10.0 Å². The number of hydrogen-bond donors (Lipinski definition) is 1. The summed E-state index contributed by atoms with van der Waals surface area (Å²) in [6.45, 7) is 4.62. The lowest BCUT2D eigenvalue weighted by atomic mass is 9.99. The van der Waals surface area contributed by atoms with Gasteiger partial charge in [0, 0.05) is 37.4 Å². The van der Waals surface area contributed by atoms with Crippen molar-refractivity contribution in [3.63, 3.8) is 0 Å². The van der Waals surface area contributed by atoms with E-state index in [1.165, 1.54) is 6.07 Å². The number of piperazine rings is 1. The van der Waals surface area contributed by atoms with Crippen LogP contribution in [-0.2, 0) is 10.0 Å². The summed E-state index contributed by atoms with van der Waals surface area (Å²) in [5.41, 5.74) is 3.27. The van der Waals surface area contributed by atoms with E-state index in [9.17, 15) is 13.7 Å². The summed E-state index contributed by atoms with van der Waals surface area (Å²) in [4.78, 5) is 12.9. The Bertz CT molecular complexity index is 1310. The van der Waals surface area contributed by atoms with Crippen molar-refractivity contribution in [1.82, 2.24) is 9.97 Å². The zero-order chi connectivity index (χ0) is 22.9. The van der Waals surface area contributed by atoms with Gasteiger partial charge >= 0.3 is 0 Å². The minimum Gasteiger partial charge on any atom is -0.353 e. The average Bonchev–Trinajstić information content (AvgIpc) is 2.80. The molecule has 1 saturated heterocycles. The summed E-state index contributed by atoms with van der Waals surface area (Å²) in [5, 5.41) is 14.9. The van der Waals surface area contributed by atoms with E-state index in [2.05, 4.69) is 20.9 Å². The van der Waals surface area contributed by atoms with Crippen molar-refractivity contribution in [3.8, 4) is 17.2 Å². The fourth-order valence-electron chi connectivity index (χ4n) is 3.71. The van der Waals surface area contributed by atoms with E-state index in [1.54, 1.807) is 24.4 Å². The molecule has 3 aromatic rings. The Morgan fingerprint density at radius 3 is 2.41 bits per heavy atom. The maximum Gasteiger partial charge on any atom is 0.255 e. The molecule has 1 aliphatic rings. The van der Waals surface area contributed by atoms with Gasteiger partial charge < -0.3 is 9.80 Å². The standard InChI is InChI=1S/C22H21ClN6O2S/c1-15-18(11-16(14-24)12-19(15)23)17-5-6-26-21(13-17)29-9-7-28(8-10-29)20-3-2-4-22(27-20)32(25,30)31/h2-6,11-13H,7-10H2,1H3,(H2,25,30,31). The number of nitrogens with two attached hydrogens (primary N) is 1. The van der Waals surface area contributed by atoms with E-state index in [0.717, 1.165) is 22.5 Å². The molecular formula is C22H21ClN6O2S. The van der Waals surface area contributed by atoms with Gasteiger partial charge in [0.2, 0.25) is 0 Å². The molecule has 0 saturated carbocycles. The molecule has 10 heteroatoms. The number of benzene rings is 1. The van der Waals surface area contributed by atoms with E-state index >= 15 is 0 Å². The van der Waals surface area contributed by atoms with Crippen LogP contribution in [0, 0.1) is 18.3 Å². The van der Waals surface area contributed by atoms with Crippen molar-refractivity contribution in [2.75, 3.05) is 36.0 Å². The van der Waals surface area contributed by atoms with Gasteiger partial charge in [0.25, 0.3) is 10.0 Å². The number of sulfonamides is 1. The highest BCUT2D eigenvalue weighted by atomic mass is 35.5. The van der Waals surface area contributed by atoms with Crippen LogP contribution < -0.4 is 14.9 Å². The third-order valence-corrected chi connectivity index (χ3v) is 6.66. The SMILES string of the molecule is Cc1c(Cl)cc(C#N)cc1-c1ccnc(N2CCN(c3cccc(S(N)(=O)=O)n3)CC2)c1. The van der Waals surface area contributed by atoms with Crippen molar-refractivity contribution in [2.45, 2.75) is 11.9 Å². The maximum absolute atomic E-state index is 11.6. The first-order valence-corrected chi connectivity index (χ1v) is 11.8. The lowest BCUT2D eigenvalue weighted by Crippen LogP contribution is -2.47. The van der Waals surface area contributed by atoms with Gasteiger partial charge in [0.05, 0.1) is 11.6 Å². The van der Waals surface area contributed by atoms with Gasteiger partial charge in [-0.15, -0.1) is 0 Å². The Labute approximate surface area is 191 Å². The van der Waals surface area contributed by atoms with Crippen LogP contribution in [0.2, 0.25) is 5.02 Å². The number of hydrogen-bond acceptors (Lipinski definition) is 7. The summed E-state index contributed by atoms with van der Waals surface area (Å²) in [6, 6.07) is 14.4. The van der Waals surface area contributed by atoms with Gasteiger partial charge in [-0.1, -0.05) is 17.7 Å². The van der Waals surface area contributed by atoms with Crippen LogP contribution in [0.25, 0.3) is 11.1 Å². The minimum absolute atomic E-state index is 0.138. The summed E-state index contributed by atoms with van der Waals surface area (Å²) < 4.78 is 23.2. The van der Waals surface area contributed by atoms with Crippen molar-refractivity contribution in [2.24, 2.45) is 5.14 Å². The Balaban J connectivity index is 1.54. The van der Waals surface area contributed by atoms with Gasteiger partial charge in [0.15, 0.2) is 5.03 Å². The van der Waals surface area contributed by atoms with Gasteiger partial charge in [-0.05, 0) is 60.0 Å². The lowest BCUT2D eigenvalue weighted by Gasteiger charge is -2.36. The highest BCUT2D eigenvalue weighted by Crippen LogP contribution is 2.31. The molecule has 0 spiro atoms. The number of pyridine rings is 2. The molecule has 0 radical (unpaired) electrons. The van der Waals surface area contributed by atoms with E-state index in [1.807, 2.05) is 30.0 Å². The number of halogens is 1. The highest BCUT2D eigenvalue weighted by Gasteiger charge is 2.21. The van der Waals surface area contributed by atoms with Gasteiger partial charge in [-0.25, -0.2) is 23.5 Å². The minimum atomic E-state index is -3.85. The monoisotopic (exact) mass is 468 g/mol. The lowest BCUT2D eigenvalue weighted by molar-refractivity contribution is 0.592. The molecular weight excluding hydrogens is 448 g/mol. The van der Waals surface area contributed by atoms with Gasteiger partial charge in [0.1, 0.15) is 11.6 Å². The van der Waals surface area contributed by atoms with Crippen molar-refractivity contribution < 1.29 is 8.42 Å². The normalized spacial score (nSPS) is 14.3. The van der Waals surface area contributed by atoms with E-state index in [4.69, 9.17) is 16.7 Å². The van der Waals surface area contributed by atoms with Crippen LogP contribution >= 0.6 is 11.6 Å². The quantitative estimate of drug-likeness (QED) is 0.625. The fourth-order valence-corrected chi connectivity index (χ4v) is 4.41. The molecule has 3 heterocycles. The molecule has 0 bridgehead atoms. The molecule has 32 heavy (non-hydrogen) atoms. The predicted octanol–water partition coefficient (Wildman–Crippen LogP) is 2.95. The van der Waals surface area contributed by atoms with Crippen LogP contribution in [0.5, 0.6) is 0 Å². The average molecular weight is 469 g/mol. The van der Waals surface area contributed by atoms with Crippen molar-refractivity contribution in [1.29, 1.82) is 5.26 Å². The van der Waals surface area contributed by atoms with E-state index in [-0.39, 0.29) is 5.03 Å². The summed E-state index contributed by atoms with van der Waals surface area (Å²) in [6.07, 6.45) is 1.75. The first-order valence-electron chi connectivity index (χ1n) is 9.92. The summed E-state index contributed by atoms with van der Waals surface area (Å²) >= 11 is 6.32.